The van der Waals surface area contributed by atoms with Crippen LogP contribution in [-0.2, 0) is 10.0 Å². The standard InChI is InChI=1S/C20H24N2O3S/c1-16-12-14-22(15-13-16)26(24,25)19-10-8-17(9-11-19)20(23)21(2)18-6-4-3-5-7-18/h3-11,16H,12-15H2,1-2H3. The Labute approximate surface area is 155 Å². The van der Waals surface area contributed by atoms with Crippen molar-refractivity contribution in [3.63, 3.8) is 0 Å². The number of rotatable bonds is 4. The molecule has 3 rings (SSSR count). The number of anilines is 1. The lowest BCUT2D eigenvalue weighted by molar-refractivity contribution is 0.0993. The third-order valence-electron chi connectivity index (χ3n) is 4.93. The van der Waals surface area contributed by atoms with Crippen LogP contribution in [0.3, 0.4) is 0 Å². The highest BCUT2D eigenvalue weighted by Crippen LogP contribution is 2.24. The maximum absolute atomic E-state index is 12.8. The van der Waals surface area contributed by atoms with Crippen molar-refractivity contribution in [2.24, 2.45) is 5.92 Å². The summed E-state index contributed by atoms with van der Waals surface area (Å²) in [5.74, 6) is 0.391. The number of sulfonamides is 1. The Hall–Kier alpha value is -2.18. The van der Waals surface area contributed by atoms with Crippen LogP contribution >= 0.6 is 0 Å². The number of para-hydroxylation sites is 1. The molecule has 138 valence electrons. The molecule has 0 aliphatic carbocycles. The normalized spacial score (nSPS) is 16.4. The first kappa shape index (κ1) is 18.6. The average molecular weight is 372 g/mol. The smallest absolute Gasteiger partial charge is 0.258 e. The van der Waals surface area contributed by atoms with Crippen molar-refractivity contribution in [3.05, 3.63) is 60.2 Å². The van der Waals surface area contributed by atoms with Gasteiger partial charge in [0.2, 0.25) is 10.0 Å². The third-order valence-corrected chi connectivity index (χ3v) is 6.84. The molecule has 6 heteroatoms. The van der Waals surface area contributed by atoms with E-state index in [0.29, 0.717) is 24.6 Å². The van der Waals surface area contributed by atoms with Crippen LogP contribution in [0.1, 0.15) is 30.1 Å². The van der Waals surface area contributed by atoms with Crippen LogP contribution in [0.5, 0.6) is 0 Å². The van der Waals surface area contributed by atoms with E-state index in [1.165, 1.54) is 12.1 Å². The molecule has 0 N–H and O–H groups in total. The summed E-state index contributed by atoms with van der Waals surface area (Å²) in [5.41, 5.74) is 1.25. The van der Waals surface area contributed by atoms with Gasteiger partial charge in [0.1, 0.15) is 0 Å². The average Bonchev–Trinajstić information content (AvgIpc) is 2.68. The minimum absolute atomic E-state index is 0.174. The van der Waals surface area contributed by atoms with E-state index in [1.807, 2.05) is 30.3 Å². The van der Waals surface area contributed by atoms with Gasteiger partial charge in [0, 0.05) is 31.4 Å². The Morgan fingerprint density at radius 1 is 1.00 bits per heavy atom. The number of benzene rings is 2. The second-order valence-corrected chi connectivity index (χ2v) is 8.75. The Morgan fingerprint density at radius 3 is 2.15 bits per heavy atom. The fourth-order valence-electron chi connectivity index (χ4n) is 3.11. The van der Waals surface area contributed by atoms with Gasteiger partial charge < -0.3 is 4.90 Å². The number of amides is 1. The Bertz CT molecular complexity index is 856. The topological polar surface area (TPSA) is 57.7 Å². The molecule has 26 heavy (non-hydrogen) atoms. The number of piperidine rings is 1. The molecule has 1 saturated heterocycles. The molecule has 0 unspecified atom stereocenters. The second-order valence-electron chi connectivity index (χ2n) is 6.81. The lowest BCUT2D eigenvalue weighted by Crippen LogP contribution is -2.37. The third kappa shape index (κ3) is 3.81. The summed E-state index contributed by atoms with van der Waals surface area (Å²) in [6.07, 6.45) is 1.77. The van der Waals surface area contributed by atoms with E-state index < -0.39 is 10.0 Å². The predicted octanol–water partition coefficient (Wildman–Crippen LogP) is 3.38. The van der Waals surface area contributed by atoms with Crippen LogP contribution in [0.4, 0.5) is 5.69 Å². The minimum Gasteiger partial charge on any atom is -0.311 e. The monoisotopic (exact) mass is 372 g/mol. The number of carbonyl (C=O) groups is 1. The summed E-state index contributed by atoms with van der Waals surface area (Å²) in [6, 6.07) is 15.6. The first-order chi connectivity index (χ1) is 12.4. The summed E-state index contributed by atoms with van der Waals surface area (Å²) in [4.78, 5) is 14.4. The van der Waals surface area contributed by atoms with E-state index in [-0.39, 0.29) is 10.8 Å². The summed E-state index contributed by atoms with van der Waals surface area (Å²) >= 11 is 0. The molecule has 5 nitrogen and oxygen atoms in total. The van der Waals surface area contributed by atoms with E-state index in [0.717, 1.165) is 18.5 Å². The highest BCUT2D eigenvalue weighted by molar-refractivity contribution is 7.89. The van der Waals surface area contributed by atoms with Crippen LogP contribution in [0.15, 0.2) is 59.5 Å². The van der Waals surface area contributed by atoms with Crippen LogP contribution in [-0.4, -0.2) is 38.8 Å². The van der Waals surface area contributed by atoms with Gasteiger partial charge in [-0.3, -0.25) is 4.79 Å². The molecule has 1 amide bonds. The minimum atomic E-state index is -3.49. The molecule has 1 heterocycles. The summed E-state index contributed by atoms with van der Waals surface area (Å²) < 4.78 is 27.1. The number of carbonyl (C=O) groups excluding carboxylic acids is 1. The Morgan fingerprint density at radius 2 is 1.58 bits per heavy atom. The molecule has 2 aromatic rings. The van der Waals surface area contributed by atoms with Gasteiger partial charge in [-0.25, -0.2) is 8.42 Å². The van der Waals surface area contributed by atoms with Crippen LogP contribution in [0.25, 0.3) is 0 Å². The maximum atomic E-state index is 12.8. The molecule has 2 aromatic carbocycles. The fraction of sp³-hybridized carbons (Fsp3) is 0.350. The molecule has 1 aliphatic rings. The van der Waals surface area contributed by atoms with Gasteiger partial charge in [-0.05, 0) is 55.2 Å². The number of hydrogen-bond acceptors (Lipinski definition) is 3. The largest absolute Gasteiger partial charge is 0.311 e. The van der Waals surface area contributed by atoms with Crippen molar-refractivity contribution in [2.45, 2.75) is 24.7 Å². The fourth-order valence-corrected chi connectivity index (χ4v) is 4.58. The van der Waals surface area contributed by atoms with Crippen molar-refractivity contribution >= 4 is 21.6 Å². The maximum Gasteiger partial charge on any atom is 0.258 e. The molecule has 0 spiro atoms. The van der Waals surface area contributed by atoms with E-state index in [1.54, 1.807) is 28.4 Å². The summed E-state index contributed by atoms with van der Waals surface area (Å²) in [7, 11) is -1.79. The van der Waals surface area contributed by atoms with Crippen molar-refractivity contribution < 1.29 is 13.2 Å². The zero-order valence-corrected chi connectivity index (χ0v) is 15.9. The van der Waals surface area contributed by atoms with E-state index >= 15 is 0 Å². The second kappa shape index (κ2) is 7.60. The number of nitrogens with zero attached hydrogens (tertiary/aromatic N) is 2. The van der Waals surface area contributed by atoms with Crippen molar-refractivity contribution in [1.82, 2.24) is 4.31 Å². The van der Waals surface area contributed by atoms with Gasteiger partial charge in [-0.15, -0.1) is 0 Å². The molecule has 1 aliphatic heterocycles. The molecular formula is C20H24N2O3S. The van der Waals surface area contributed by atoms with Crippen LogP contribution in [0.2, 0.25) is 0 Å². The molecule has 0 bridgehead atoms. The summed E-state index contributed by atoms with van der Waals surface area (Å²) in [5, 5.41) is 0. The summed E-state index contributed by atoms with van der Waals surface area (Å²) in [6.45, 7) is 3.26. The van der Waals surface area contributed by atoms with Crippen molar-refractivity contribution in [1.29, 1.82) is 0 Å². The van der Waals surface area contributed by atoms with Crippen LogP contribution in [0, 0.1) is 5.92 Å². The molecule has 0 radical (unpaired) electrons. The van der Waals surface area contributed by atoms with Crippen molar-refractivity contribution in [2.75, 3.05) is 25.0 Å². The highest BCUT2D eigenvalue weighted by atomic mass is 32.2. The van der Waals surface area contributed by atoms with Crippen molar-refractivity contribution in [3.8, 4) is 0 Å². The van der Waals surface area contributed by atoms with E-state index in [4.69, 9.17) is 0 Å². The molecule has 0 atom stereocenters. The van der Waals surface area contributed by atoms with Gasteiger partial charge >= 0.3 is 0 Å². The number of hydrogen-bond donors (Lipinski definition) is 0. The van der Waals surface area contributed by atoms with E-state index in [2.05, 4.69) is 6.92 Å². The van der Waals surface area contributed by atoms with Gasteiger partial charge in [0.15, 0.2) is 0 Å². The lowest BCUT2D eigenvalue weighted by atomic mass is 10.0. The van der Waals surface area contributed by atoms with E-state index in [9.17, 15) is 13.2 Å². The Kier molecular flexibility index (Phi) is 5.44. The van der Waals surface area contributed by atoms with Gasteiger partial charge in [-0.1, -0.05) is 25.1 Å². The highest BCUT2D eigenvalue weighted by Gasteiger charge is 2.28. The van der Waals surface area contributed by atoms with Gasteiger partial charge in [0.25, 0.3) is 5.91 Å². The predicted molar refractivity (Wildman–Crippen MR) is 103 cm³/mol. The zero-order valence-electron chi connectivity index (χ0n) is 15.1. The van der Waals surface area contributed by atoms with Gasteiger partial charge in [-0.2, -0.15) is 4.31 Å². The first-order valence-electron chi connectivity index (χ1n) is 8.83. The SMILES string of the molecule is CC1CCN(S(=O)(=O)c2ccc(C(=O)N(C)c3ccccc3)cc2)CC1. The lowest BCUT2D eigenvalue weighted by Gasteiger charge is -2.29. The van der Waals surface area contributed by atoms with Crippen LogP contribution < -0.4 is 4.90 Å². The first-order valence-corrected chi connectivity index (χ1v) is 10.3. The Balaban J connectivity index is 1.77. The molecule has 0 saturated carbocycles. The quantitative estimate of drug-likeness (QED) is 0.827. The molecule has 0 aromatic heterocycles. The molecular weight excluding hydrogens is 348 g/mol. The molecule has 1 fully saturated rings. The van der Waals surface area contributed by atoms with Gasteiger partial charge in [0.05, 0.1) is 4.90 Å². The zero-order chi connectivity index (χ0) is 18.7.